The van der Waals surface area contributed by atoms with Crippen molar-refractivity contribution in [1.82, 2.24) is 10.3 Å². The Morgan fingerprint density at radius 2 is 1.89 bits per heavy atom. The van der Waals surface area contributed by atoms with Crippen LogP contribution in [0.2, 0.25) is 0 Å². The van der Waals surface area contributed by atoms with Gasteiger partial charge in [0, 0.05) is 6.54 Å². The first-order chi connectivity index (χ1) is 9.20. The number of halogens is 1. The standard InChI is InChI=1S/C15H15FN2O/c1-2-11-6-3-4-7-12(11)10-17-15(19)13-8-5-9-14(16)18-13/h3-9H,2,10H2,1H3,(H,17,19). The summed E-state index contributed by atoms with van der Waals surface area (Å²) in [6.07, 6.45) is 0.907. The molecule has 2 rings (SSSR count). The second-order valence-electron chi connectivity index (χ2n) is 4.15. The molecule has 4 heteroatoms. The van der Waals surface area contributed by atoms with Crippen LogP contribution in [0.3, 0.4) is 0 Å². The monoisotopic (exact) mass is 258 g/mol. The van der Waals surface area contributed by atoms with Crippen LogP contribution in [0, 0.1) is 5.95 Å². The van der Waals surface area contributed by atoms with Crippen molar-refractivity contribution < 1.29 is 9.18 Å². The minimum atomic E-state index is -0.651. The Bertz CT molecular complexity index is 584. The molecule has 0 unspecified atom stereocenters. The smallest absolute Gasteiger partial charge is 0.270 e. The maximum Gasteiger partial charge on any atom is 0.270 e. The lowest BCUT2D eigenvalue weighted by Crippen LogP contribution is -2.24. The van der Waals surface area contributed by atoms with Crippen molar-refractivity contribution in [2.24, 2.45) is 0 Å². The van der Waals surface area contributed by atoms with Crippen LogP contribution in [-0.2, 0) is 13.0 Å². The highest BCUT2D eigenvalue weighted by Crippen LogP contribution is 2.09. The molecule has 0 aliphatic carbocycles. The first-order valence-electron chi connectivity index (χ1n) is 6.18. The molecule has 98 valence electrons. The number of nitrogens with one attached hydrogen (secondary N) is 1. The molecule has 0 fully saturated rings. The highest BCUT2D eigenvalue weighted by Gasteiger charge is 2.08. The Labute approximate surface area is 111 Å². The van der Waals surface area contributed by atoms with Crippen molar-refractivity contribution in [3.63, 3.8) is 0 Å². The molecule has 1 aromatic carbocycles. The number of hydrogen-bond donors (Lipinski definition) is 1. The minimum absolute atomic E-state index is 0.0916. The number of benzene rings is 1. The van der Waals surface area contributed by atoms with Gasteiger partial charge in [-0.05, 0) is 29.7 Å². The van der Waals surface area contributed by atoms with Gasteiger partial charge in [-0.15, -0.1) is 0 Å². The van der Waals surface area contributed by atoms with E-state index in [0.29, 0.717) is 6.54 Å². The lowest BCUT2D eigenvalue weighted by atomic mass is 10.1. The first kappa shape index (κ1) is 13.2. The summed E-state index contributed by atoms with van der Waals surface area (Å²) in [5, 5.41) is 2.75. The molecule has 1 heterocycles. The van der Waals surface area contributed by atoms with Gasteiger partial charge in [-0.2, -0.15) is 4.39 Å². The van der Waals surface area contributed by atoms with Gasteiger partial charge in [-0.25, -0.2) is 4.98 Å². The molecule has 1 N–H and O–H groups in total. The fraction of sp³-hybridized carbons (Fsp3) is 0.200. The van der Waals surface area contributed by atoms with Crippen molar-refractivity contribution in [2.75, 3.05) is 0 Å². The number of amides is 1. The van der Waals surface area contributed by atoms with E-state index in [2.05, 4.69) is 17.2 Å². The third kappa shape index (κ3) is 3.37. The molecule has 2 aromatic rings. The van der Waals surface area contributed by atoms with E-state index in [1.165, 1.54) is 23.8 Å². The Balaban J connectivity index is 2.04. The van der Waals surface area contributed by atoms with Crippen LogP contribution >= 0.6 is 0 Å². The van der Waals surface area contributed by atoms with Gasteiger partial charge in [-0.3, -0.25) is 4.79 Å². The summed E-state index contributed by atoms with van der Waals surface area (Å²) in [6.45, 7) is 2.48. The Morgan fingerprint density at radius 1 is 1.16 bits per heavy atom. The topological polar surface area (TPSA) is 42.0 Å². The summed E-state index contributed by atoms with van der Waals surface area (Å²) in [7, 11) is 0. The molecule has 0 aliphatic rings. The maximum atomic E-state index is 12.9. The molecule has 3 nitrogen and oxygen atoms in total. The normalized spacial score (nSPS) is 10.2. The predicted molar refractivity (Wildman–Crippen MR) is 71.2 cm³/mol. The molecule has 0 bridgehead atoms. The van der Waals surface area contributed by atoms with Crippen molar-refractivity contribution in [2.45, 2.75) is 19.9 Å². The zero-order chi connectivity index (χ0) is 13.7. The third-order valence-electron chi connectivity index (χ3n) is 2.89. The fourth-order valence-electron chi connectivity index (χ4n) is 1.88. The van der Waals surface area contributed by atoms with E-state index in [4.69, 9.17) is 0 Å². The molecule has 0 saturated heterocycles. The largest absolute Gasteiger partial charge is 0.347 e. The van der Waals surface area contributed by atoms with Crippen LogP contribution in [0.5, 0.6) is 0 Å². The van der Waals surface area contributed by atoms with E-state index in [9.17, 15) is 9.18 Å². The summed E-state index contributed by atoms with van der Waals surface area (Å²) < 4.78 is 12.9. The predicted octanol–water partition coefficient (Wildman–Crippen LogP) is 2.71. The Hall–Kier alpha value is -2.23. The van der Waals surface area contributed by atoms with Crippen LogP contribution in [0.4, 0.5) is 4.39 Å². The molecule has 19 heavy (non-hydrogen) atoms. The Morgan fingerprint density at radius 3 is 2.58 bits per heavy atom. The lowest BCUT2D eigenvalue weighted by molar-refractivity contribution is 0.0944. The summed E-state index contributed by atoms with van der Waals surface area (Å²) in [6, 6.07) is 12.1. The number of pyridine rings is 1. The number of aryl methyl sites for hydroxylation is 1. The summed E-state index contributed by atoms with van der Waals surface area (Å²) in [4.78, 5) is 15.4. The molecular formula is C15H15FN2O. The van der Waals surface area contributed by atoms with Gasteiger partial charge < -0.3 is 5.32 Å². The van der Waals surface area contributed by atoms with Gasteiger partial charge in [0.25, 0.3) is 5.91 Å². The van der Waals surface area contributed by atoms with Crippen LogP contribution in [0.15, 0.2) is 42.5 Å². The maximum absolute atomic E-state index is 12.9. The van der Waals surface area contributed by atoms with Gasteiger partial charge >= 0.3 is 0 Å². The average molecular weight is 258 g/mol. The SMILES string of the molecule is CCc1ccccc1CNC(=O)c1cccc(F)n1. The number of hydrogen-bond acceptors (Lipinski definition) is 2. The number of carbonyl (C=O) groups excluding carboxylic acids is 1. The second-order valence-corrected chi connectivity index (χ2v) is 4.15. The van der Waals surface area contributed by atoms with E-state index in [-0.39, 0.29) is 11.6 Å². The van der Waals surface area contributed by atoms with Crippen molar-refractivity contribution in [3.8, 4) is 0 Å². The van der Waals surface area contributed by atoms with Gasteiger partial charge in [0.05, 0.1) is 0 Å². The van der Waals surface area contributed by atoms with Crippen molar-refractivity contribution in [1.29, 1.82) is 0 Å². The van der Waals surface area contributed by atoms with E-state index < -0.39 is 5.95 Å². The number of carbonyl (C=O) groups is 1. The fourth-order valence-corrected chi connectivity index (χ4v) is 1.88. The quantitative estimate of drug-likeness (QED) is 0.857. The van der Waals surface area contributed by atoms with Crippen LogP contribution in [-0.4, -0.2) is 10.9 Å². The molecule has 0 spiro atoms. The van der Waals surface area contributed by atoms with Gasteiger partial charge in [0.1, 0.15) is 5.69 Å². The van der Waals surface area contributed by atoms with E-state index >= 15 is 0 Å². The van der Waals surface area contributed by atoms with Crippen molar-refractivity contribution in [3.05, 3.63) is 65.2 Å². The highest BCUT2D eigenvalue weighted by molar-refractivity contribution is 5.92. The third-order valence-corrected chi connectivity index (χ3v) is 2.89. The zero-order valence-electron chi connectivity index (χ0n) is 10.7. The molecular weight excluding hydrogens is 243 g/mol. The minimum Gasteiger partial charge on any atom is -0.347 e. The second kappa shape index (κ2) is 6.09. The van der Waals surface area contributed by atoms with E-state index in [1.54, 1.807) is 0 Å². The molecule has 0 radical (unpaired) electrons. The zero-order valence-corrected chi connectivity index (χ0v) is 10.7. The molecule has 0 aliphatic heterocycles. The number of nitrogens with zero attached hydrogens (tertiary/aromatic N) is 1. The highest BCUT2D eigenvalue weighted by atomic mass is 19.1. The molecule has 1 aromatic heterocycles. The van der Waals surface area contributed by atoms with Crippen molar-refractivity contribution >= 4 is 5.91 Å². The number of aromatic nitrogens is 1. The van der Waals surface area contributed by atoms with Crippen LogP contribution in [0.25, 0.3) is 0 Å². The number of rotatable bonds is 4. The Kier molecular flexibility index (Phi) is 4.23. The summed E-state index contributed by atoms with van der Waals surface area (Å²) >= 11 is 0. The van der Waals surface area contributed by atoms with Gasteiger partial charge in [0.2, 0.25) is 5.95 Å². The van der Waals surface area contributed by atoms with E-state index in [1.807, 2.05) is 24.3 Å². The molecule has 0 saturated carbocycles. The average Bonchev–Trinajstić information content (AvgIpc) is 2.45. The summed E-state index contributed by atoms with van der Waals surface area (Å²) in [5.41, 5.74) is 2.35. The van der Waals surface area contributed by atoms with Crippen LogP contribution < -0.4 is 5.32 Å². The summed E-state index contributed by atoms with van der Waals surface area (Å²) in [5.74, 6) is -1.02. The molecule has 1 amide bonds. The van der Waals surface area contributed by atoms with Gasteiger partial charge in [0.15, 0.2) is 0 Å². The van der Waals surface area contributed by atoms with E-state index in [0.717, 1.165) is 12.0 Å². The first-order valence-corrected chi connectivity index (χ1v) is 6.18. The van der Waals surface area contributed by atoms with Crippen LogP contribution in [0.1, 0.15) is 28.5 Å². The molecule has 0 atom stereocenters. The van der Waals surface area contributed by atoms with Gasteiger partial charge in [-0.1, -0.05) is 37.3 Å². The lowest BCUT2D eigenvalue weighted by Gasteiger charge is -2.09.